The van der Waals surface area contributed by atoms with E-state index >= 15 is 0 Å². The minimum absolute atomic E-state index is 0.0177. The molecule has 0 aliphatic carbocycles. The third-order valence-electron chi connectivity index (χ3n) is 2.09. The van der Waals surface area contributed by atoms with Crippen LogP contribution in [-0.2, 0) is 6.42 Å². The van der Waals surface area contributed by atoms with Crippen LogP contribution in [-0.4, -0.2) is 12.6 Å². The number of halogens is 2. The molecule has 0 spiro atoms. The van der Waals surface area contributed by atoms with Crippen molar-refractivity contribution in [1.29, 1.82) is 0 Å². The van der Waals surface area contributed by atoms with Crippen LogP contribution in [0.4, 0.5) is 0 Å². The molecule has 1 aromatic carbocycles. The van der Waals surface area contributed by atoms with E-state index in [4.69, 9.17) is 33.7 Å². The second kappa shape index (κ2) is 6.76. The van der Waals surface area contributed by atoms with Gasteiger partial charge in [-0.3, -0.25) is 0 Å². The molecule has 92 valence electrons. The molecular formula is C13H15Cl2NO. The zero-order valence-electron chi connectivity index (χ0n) is 9.89. The molecule has 0 aliphatic heterocycles. The molecule has 0 aromatic heterocycles. The maximum atomic E-state index is 6.10. The van der Waals surface area contributed by atoms with Crippen LogP contribution in [0.25, 0.3) is 0 Å². The highest BCUT2D eigenvalue weighted by Crippen LogP contribution is 2.33. The number of nitrogens with two attached hydrogens (primary N) is 1. The average molecular weight is 272 g/mol. The summed E-state index contributed by atoms with van der Waals surface area (Å²) in [5.41, 5.74) is 6.69. The summed E-state index contributed by atoms with van der Waals surface area (Å²) in [4.78, 5) is 0. The lowest BCUT2D eigenvalue weighted by Gasteiger charge is -2.13. The maximum Gasteiger partial charge on any atom is 0.149 e. The van der Waals surface area contributed by atoms with Gasteiger partial charge in [-0.05, 0) is 38.0 Å². The van der Waals surface area contributed by atoms with E-state index in [-0.39, 0.29) is 6.04 Å². The van der Waals surface area contributed by atoms with E-state index in [9.17, 15) is 0 Å². The number of ether oxygens (including phenoxy) is 1. The van der Waals surface area contributed by atoms with E-state index in [0.717, 1.165) is 5.56 Å². The predicted molar refractivity (Wildman–Crippen MR) is 72.8 cm³/mol. The fraction of sp³-hybridized carbons (Fsp3) is 0.385. The van der Waals surface area contributed by atoms with Gasteiger partial charge in [-0.2, -0.15) is 0 Å². The van der Waals surface area contributed by atoms with Crippen molar-refractivity contribution >= 4 is 23.2 Å². The normalized spacial score (nSPS) is 11.6. The molecule has 1 rings (SSSR count). The maximum absolute atomic E-state index is 6.10. The number of benzene rings is 1. The minimum Gasteiger partial charge on any atom is -0.479 e. The molecule has 0 saturated heterocycles. The second-order valence-electron chi connectivity index (χ2n) is 3.77. The standard InChI is InChI=1S/C13H15Cl2NO/c1-3-4-5-17-13-10(6-9(2)16)7-11(14)8-12(13)15/h7-9H,5-6,16H2,1-2H3. The SMILES string of the molecule is CC#CCOc1c(Cl)cc(Cl)cc1CC(C)N. The van der Waals surface area contributed by atoms with E-state index in [2.05, 4.69) is 11.8 Å². The van der Waals surface area contributed by atoms with Gasteiger partial charge in [0.1, 0.15) is 12.4 Å². The monoisotopic (exact) mass is 271 g/mol. The van der Waals surface area contributed by atoms with Crippen LogP contribution in [0, 0.1) is 11.8 Å². The van der Waals surface area contributed by atoms with Gasteiger partial charge in [-0.25, -0.2) is 0 Å². The first kappa shape index (κ1) is 14.2. The van der Waals surface area contributed by atoms with Gasteiger partial charge in [-0.1, -0.05) is 29.1 Å². The predicted octanol–water partition coefficient (Wildman–Crippen LogP) is 3.29. The molecule has 0 radical (unpaired) electrons. The summed E-state index contributed by atoms with van der Waals surface area (Å²) in [5.74, 6) is 6.21. The van der Waals surface area contributed by atoms with Gasteiger partial charge in [0.25, 0.3) is 0 Å². The first-order chi connectivity index (χ1) is 8.04. The van der Waals surface area contributed by atoms with Crippen LogP contribution in [0.15, 0.2) is 12.1 Å². The van der Waals surface area contributed by atoms with E-state index in [0.29, 0.717) is 28.8 Å². The molecule has 1 unspecified atom stereocenters. The average Bonchev–Trinajstić information content (AvgIpc) is 2.21. The zero-order chi connectivity index (χ0) is 12.8. The highest BCUT2D eigenvalue weighted by atomic mass is 35.5. The van der Waals surface area contributed by atoms with Gasteiger partial charge in [0.2, 0.25) is 0 Å². The fourth-order valence-electron chi connectivity index (χ4n) is 1.45. The van der Waals surface area contributed by atoms with Crippen molar-refractivity contribution in [2.75, 3.05) is 6.61 Å². The summed E-state index contributed by atoms with van der Waals surface area (Å²) in [6.45, 7) is 3.99. The summed E-state index contributed by atoms with van der Waals surface area (Å²) >= 11 is 12.1. The molecule has 0 amide bonds. The number of hydrogen-bond donors (Lipinski definition) is 1. The van der Waals surface area contributed by atoms with Crippen molar-refractivity contribution in [3.8, 4) is 17.6 Å². The van der Waals surface area contributed by atoms with E-state index in [1.54, 1.807) is 13.0 Å². The Hall–Kier alpha value is -0.880. The third kappa shape index (κ3) is 4.47. The lowest BCUT2D eigenvalue weighted by atomic mass is 10.1. The fourth-order valence-corrected chi connectivity index (χ4v) is 2.04. The summed E-state index contributed by atoms with van der Waals surface area (Å²) < 4.78 is 5.54. The van der Waals surface area contributed by atoms with E-state index < -0.39 is 0 Å². The van der Waals surface area contributed by atoms with Crippen molar-refractivity contribution < 1.29 is 4.74 Å². The highest BCUT2D eigenvalue weighted by molar-refractivity contribution is 6.35. The molecule has 2 nitrogen and oxygen atoms in total. The third-order valence-corrected chi connectivity index (χ3v) is 2.59. The molecule has 0 bridgehead atoms. The Bertz CT molecular complexity index is 447. The van der Waals surface area contributed by atoms with E-state index in [1.807, 2.05) is 13.0 Å². The van der Waals surface area contributed by atoms with Crippen LogP contribution in [0.3, 0.4) is 0 Å². The first-order valence-corrected chi connectivity index (χ1v) is 6.06. The minimum atomic E-state index is 0.0177. The number of rotatable bonds is 4. The van der Waals surface area contributed by atoms with Crippen LogP contribution >= 0.6 is 23.2 Å². The smallest absolute Gasteiger partial charge is 0.149 e. The molecule has 17 heavy (non-hydrogen) atoms. The Morgan fingerprint density at radius 2 is 2.12 bits per heavy atom. The molecular weight excluding hydrogens is 257 g/mol. The molecule has 0 aliphatic rings. The molecule has 0 fully saturated rings. The zero-order valence-corrected chi connectivity index (χ0v) is 11.4. The Kier molecular flexibility index (Phi) is 5.64. The Labute approximate surface area is 112 Å². The van der Waals surface area contributed by atoms with Crippen molar-refractivity contribution in [2.24, 2.45) is 5.73 Å². The quantitative estimate of drug-likeness (QED) is 0.854. The first-order valence-electron chi connectivity index (χ1n) is 5.30. The van der Waals surface area contributed by atoms with Crippen molar-refractivity contribution in [2.45, 2.75) is 26.3 Å². The van der Waals surface area contributed by atoms with Crippen LogP contribution in [0.2, 0.25) is 10.0 Å². The van der Waals surface area contributed by atoms with Crippen LogP contribution in [0.5, 0.6) is 5.75 Å². The second-order valence-corrected chi connectivity index (χ2v) is 4.62. The molecule has 1 atom stereocenters. The molecule has 1 aromatic rings. The molecule has 0 heterocycles. The van der Waals surface area contributed by atoms with E-state index in [1.165, 1.54) is 0 Å². The molecule has 2 N–H and O–H groups in total. The van der Waals surface area contributed by atoms with Crippen molar-refractivity contribution in [3.63, 3.8) is 0 Å². The summed E-state index contributed by atoms with van der Waals surface area (Å²) in [6.07, 6.45) is 0.662. The Balaban J connectivity index is 3.00. The van der Waals surface area contributed by atoms with Gasteiger partial charge >= 0.3 is 0 Å². The lowest BCUT2D eigenvalue weighted by Crippen LogP contribution is -2.18. The lowest BCUT2D eigenvalue weighted by molar-refractivity contribution is 0.365. The van der Waals surface area contributed by atoms with Crippen molar-refractivity contribution in [3.05, 3.63) is 27.7 Å². The summed E-state index contributed by atoms with van der Waals surface area (Å²) in [7, 11) is 0. The largest absolute Gasteiger partial charge is 0.479 e. The molecule has 4 heteroatoms. The topological polar surface area (TPSA) is 35.2 Å². The highest BCUT2D eigenvalue weighted by Gasteiger charge is 2.12. The Morgan fingerprint density at radius 3 is 2.71 bits per heavy atom. The van der Waals surface area contributed by atoms with Gasteiger partial charge in [0.15, 0.2) is 0 Å². The Morgan fingerprint density at radius 1 is 1.41 bits per heavy atom. The summed E-state index contributed by atoms with van der Waals surface area (Å²) in [5, 5.41) is 1.07. The van der Waals surface area contributed by atoms with Gasteiger partial charge in [0, 0.05) is 11.1 Å². The summed E-state index contributed by atoms with van der Waals surface area (Å²) in [6, 6.07) is 3.50. The van der Waals surface area contributed by atoms with Gasteiger partial charge in [0.05, 0.1) is 5.02 Å². The van der Waals surface area contributed by atoms with Gasteiger partial charge < -0.3 is 10.5 Å². The van der Waals surface area contributed by atoms with Gasteiger partial charge in [-0.15, -0.1) is 5.92 Å². The van der Waals surface area contributed by atoms with Crippen LogP contribution < -0.4 is 10.5 Å². The van der Waals surface area contributed by atoms with Crippen LogP contribution in [0.1, 0.15) is 19.4 Å². The molecule has 0 saturated carbocycles. The van der Waals surface area contributed by atoms with Crippen molar-refractivity contribution in [1.82, 2.24) is 0 Å². The number of hydrogen-bond acceptors (Lipinski definition) is 2.